The molecule has 0 amide bonds. The Labute approximate surface area is 328 Å². The maximum Gasteiger partial charge on any atom is 0.313 e. The molecule has 0 bridgehead atoms. The van der Waals surface area contributed by atoms with Crippen LogP contribution in [0.5, 0.6) is 11.5 Å². The number of phenols is 2. The first-order valence-electron chi connectivity index (χ1n) is 16.9. The molecule has 3 N–H and O–H groups in total. The molecule has 1 aliphatic heterocycles. The summed E-state index contributed by atoms with van der Waals surface area (Å²) in [7, 11) is 0. The van der Waals surface area contributed by atoms with Crippen LogP contribution in [-0.2, 0) is 42.9 Å². The van der Waals surface area contributed by atoms with Crippen LogP contribution in [0, 0.1) is 40.5 Å². The van der Waals surface area contributed by atoms with Gasteiger partial charge in [-0.15, -0.1) is 0 Å². The molecule has 3 aromatic rings. The zero-order chi connectivity index (χ0) is 43.8. The topological polar surface area (TPSA) is 378 Å². The van der Waals surface area contributed by atoms with Crippen LogP contribution in [0.3, 0.4) is 0 Å². The smallest absolute Gasteiger partial charge is 0.313 e. The Morgan fingerprint density at radius 1 is 0.661 bits per heavy atom. The molecule has 2 heterocycles. The number of nitrogens with zero attached hydrogens (tertiary/aromatic N) is 4. The van der Waals surface area contributed by atoms with Crippen molar-refractivity contribution in [2.75, 3.05) is 32.8 Å². The highest BCUT2D eigenvalue weighted by atomic mass is 16.7. The summed E-state index contributed by atoms with van der Waals surface area (Å²) in [6, 6.07) is 12.9. The van der Waals surface area contributed by atoms with Crippen molar-refractivity contribution < 1.29 is 82.3 Å². The van der Waals surface area contributed by atoms with Crippen molar-refractivity contribution in [1.82, 2.24) is 0 Å². The van der Waals surface area contributed by atoms with Gasteiger partial charge in [0.1, 0.15) is 66.6 Å². The molecule has 5 atom stereocenters. The largest absolute Gasteiger partial charge is 0.508 e. The molecular formula is C33H34N4O22. The Morgan fingerprint density at radius 2 is 1.14 bits per heavy atom. The van der Waals surface area contributed by atoms with Crippen LogP contribution in [0.25, 0.3) is 22.3 Å². The normalized spacial score (nSPS) is 18.3. The van der Waals surface area contributed by atoms with E-state index in [-0.39, 0.29) is 27.9 Å². The van der Waals surface area contributed by atoms with Gasteiger partial charge in [0, 0.05) is 43.5 Å². The van der Waals surface area contributed by atoms with Crippen LogP contribution < -0.4 is 5.43 Å². The van der Waals surface area contributed by atoms with Gasteiger partial charge in [0.05, 0.1) is 0 Å². The van der Waals surface area contributed by atoms with Crippen LogP contribution in [0.15, 0.2) is 57.7 Å². The van der Waals surface area contributed by atoms with Crippen molar-refractivity contribution in [2.45, 2.75) is 56.4 Å². The Kier molecular flexibility index (Phi) is 17.0. The SMILES string of the molecule is O=C(CC[N+](=O)[O-])OCC1OC(O)C(OC(=O)CC[N+](=O)[O-])C(OC(=O)CC[N+](=O)[O-])C1OC(=O)CC[N+](=O)[O-].O=c1cc(-c2ccccc2)oc2cc(O)cc(O)c12. The molecular weight excluding hydrogens is 804 g/mol. The second-order valence-electron chi connectivity index (χ2n) is 12.0. The summed E-state index contributed by atoms with van der Waals surface area (Å²) in [5, 5.41) is 71.9. The fourth-order valence-electron chi connectivity index (χ4n) is 5.04. The third kappa shape index (κ3) is 14.9. The third-order valence-corrected chi connectivity index (χ3v) is 7.67. The maximum absolute atomic E-state index is 12.3. The number of ether oxygens (including phenoxy) is 5. The van der Waals surface area contributed by atoms with Gasteiger partial charge in [-0.2, -0.15) is 0 Å². The second-order valence-corrected chi connectivity index (χ2v) is 12.0. The summed E-state index contributed by atoms with van der Waals surface area (Å²) < 4.78 is 30.6. The van der Waals surface area contributed by atoms with Crippen molar-refractivity contribution in [1.29, 1.82) is 0 Å². The molecule has 1 aromatic heterocycles. The zero-order valence-corrected chi connectivity index (χ0v) is 30.3. The second kappa shape index (κ2) is 21.8. The molecule has 1 aliphatic rings. The number of esters is 4. The molecule has 318 valence electrons. The van der Waals surface area contributed by atoms with E-state index < -0.39 is 133 Å². The van der Waals surface area contributed by atoms with Gasteiger partial charge < -0.3 is 43.4 Å². The molecule has 0 radical (unpaired) electrons. The Hall–Kier alpha value is -7.35. The van der Waals surface area contributed by atoms with Gasteiger partial charge in [0.2, 0.25) is 26.2 Å². The number of carbonyl (C=O) groups excluding carboxylic acids is 4. The lowest BCUT2D eigenvalue weighted by atomic mass is 9.98. The lowest BCUT2D eigenvalue weighted by molar-refractivity contribution is -0.479. The minimum Gasteiger partial charge on any atom is -0.508 e. The minimum absolute atomic E-state index is 0.0671. The van der Waals surface area contributed by atoms with Crippen molar-refractivity contribution in [3.05, 3.63) is 99.2 Å². The molecule has 1 fully saturated rings. The summed E-state index contributed by atoms with van der Waals surface area (Å²) in [6.07, 6.45) is -13.2. The fraction of sp³-hybridized carbons (Fsp3) is 0.424. The van der Waals surface area contributed by atoms with Gasteiger partial charge in [-0.25, -0.2) is 0 Å². The number of fused-ring (bicyclic) bond motifs is 1. The first-order chi connectivity index (χ1) is 27.8. The highest BCUT2D eigenvalue weighted by Crippen LogP contribution is 2.31. The fourth-order valence-corrected chi connectivity index (χ4v) is 5.04. The lowest BCUT2D eigenvalue weighted by Crippen LogP contribution is -2.62. The first-order valence-corrected chi connectivity index (χ1v) is 16.9. The number of aliphatic hydroxyl groups excluding tert-OH is 1. The average Bonchev–Trinajstić information content (AvgIpc) is 3.16. The van der Waals surface area contributed by atoms with Crippen LogP contribution in [0.2, 0.25) is 0 Å². The third-order valence-electron chi connectivity index (χ3n) is 7.67. The molecule has 0 spiro atoms. The Balaban J connectivity index is 0.000000401. The number of rotatable bonds is 18. The molecule has 5 unspecified atom stereocenters. The first kappa shape index (κ1) is 46.0. The van der Waals surface area contributed by atoms with E-state index in [4.69, 9.17) is 28.1 Å². The van der Waals surface area contributed by atoms with Crippen molar-refractivity contribution >= 4 is 34.8 Å². The van der Waals surface area contributed by atoms with E-state index in [0.717, 1.165) is 11.6 Å². The molecule has 1 saturated heterocycles. The lowest BCUT2D eigenvalue weighted by Gasteiger charge is -2.42. The van der Waals surface area contributed by atoms with Crippen molar-refractivity contribution in [3.8, 4) is 22.8 Å². The van der Waals surface area contributed by atoms with Crippen LogP contribution in [0.1, 0.15) is 25.7 Å². The van der Waals surface area contributed by atoms with E-state index in [1.54, 1.807) is 0 Å². The Morgan fingerprint density at radius 3 is 1.64 bits per heavy atom. The van der Waals surface area contributed by atoms with E-state index in [0.29, 0.717) is 5.76 Å². The zero-order valence-electron chi connectivity index (χ0n) is 30.3. The van der Waals surface area contributed by atoms with E-state index in [2.05, 4.69) is 0 Å². The molecule has 4 rings (SSSR count). The van der Waals surface area contributed by atoms with Crippen molar-refractivity contribution in [2.24, 2.45) is 0 Å². The standard InChI is InChI=1S/C18H24N4O18.C15H10O4/c23-11(1-5-19(28)29)36-9-10-15(38-12(24)2-6-20(30)31)16(39-13(25)3-7-21(32)33)17(18(27)37-10)40-14(26)4-8-22(34)35;16-10-6-11(17)15-12(18)8-13(19-14(15)7-10)9-4-2-1-3-5-9/h10,15-18,27H,1-9H2;1-8,16-17H. The van der Waals surface area contributed by atoms with E-state index >= 15 is 0 Å². The number of nitro groups is 4. The van der Waals surface area contributed by atoms with E-state index in [1.807, 2.05) is 30.3 Å². The number of aromatic hydroxyl groups is 2. The predicted molar refractivity (Wildman–Crippen MR) is 189 cm³/mol. The summed E-state index contributed by atoms with van der Waals surface area (Å²) in [5.41, 5.74) is 0.561. The quantitative estimate of drug-likeness (QED) is 0.0680. The van der Waals surface area contributed by atoms with Gasteiger partial charge >= 0.3 is 23.9 Å². The van der Waals surface area contributed by atoms with Gasteiger partial charge in [0.15, 0.2) is 30.0 Å². The van der Waals surface area contributed by atoms with Gasteiger partial charge in [0.25, 0.3) is 0 Å². The highest BCUT2D eigenvalue weighted by Gasteiger charge is 2.52. The van der Waals surface area contributed by atoms with Crippen LogP contribution in [0.4, 0.5) is 0 Å². The van der Waals surface area contributed by atoms with E-state index in [1.165, 1.54) is 12.1 Å². The number of aliphatic hydroxyl groups is 1. The predicted octanol–water partition coefficient (Wildman–Crippen LogP) is 0.521. The number of hydrogen-bond donors (Lipinski definition) is 3. The summed E-state index contributed by atoms with van der Waals surface area (Å²) in [4.78, 5) is 99.3. The number of phenolic OH excluding ortho intramolecular Hbond substituents is 2. The molecule has 2 aromatic carbocycles. The van der Waals surface area contributed by atoms with Gasteiger partial charge in [-0.1, -0.05) is 30.3 Å². The van der Waals surface area contributed by atoms with Crippen molar-refractivity contribution in [3.63, 3.8) is 0 Å². The van der Waals surface area contributed by atoms with E-state index in [9.17, 15) is 79.7 Å². The summed E-state index contributed by atoms with van der Waals surface area (Å²) >= 11 is 0. The molecule has 26 nitrogen and oxygen atoms in total. The van der Waals surface area contributed by atoms with Crippen LogP contribution >= 0.6 is 0 Å². The molecule has 0 aliphatic carbocycles. The summed E-state index contributed by atoms with van der Waals surface area (Å²) in [5.74, 6) is -5.11. The Bertz CT molecular complexity index is 2090. The number of hydrogen-bond acceptors (Lipinski definition) is 22. The molecule has 59 heavy (non-hydrogen) atoms. The highest BCUT2D eigenvalue weighted by molar-refractivity contribution is 5.86. The number of benzene rings is 2. The average molecular weight is 839 g/mol. The number of carbonyl (C=O) groups is 4. The summed E-state index contributed by atoms with van der Waals surface area (Å²) in [6.45, 7) is -4.46. The van der Waals surface area contributed by atoms with Gasteiger partial charge in [-0.05, 0) is 0 Å². The maximum atomic E-state index is 12.3. The molecule has 26 heteroatoms. The van der Waals surface area contributed by atoms with Crippen LogP contribution in [-0.4, -0.2) is 122 Å². The monoisotopic (exact) mass is 838 g/mol. The van der Waals surface area contributed by atoms with Gasteiger partial charge in [-0.3, -0.25) is 64.4 Å². The molecule has 0 saturated carbocycles. The minimum atomic E-state index is -2.22.